The molecule has 0 unspecified atom stereocenters. The zero-order valence-corrected chi connectivity index (χ0v) is 12.1. The number of anilines is 1. The van der Waals surface area contributed by atoms with Crippen LogP contribution in [0.3, 0.4) is 0 Å². The number of aliphatic hydroxyl groups excluding tert-OH is 1. The van der Waals surface area contributed by atoms with Crippen molar-refractivity contribution in [3.05, 3.63) is 32.8 Å². The maximum Gasteiger partial charge on any atom is 0.292 e. The van der Waals surface area contributed by atoms with Crippen LogP contribution in [-0.4, -0.2) is 23.2 Å². The summed E-state index contributed by atoms with van der Waals surface area (Å²) in [5.41, 5.74) is 0.645. The van der Waals surface area contributed by atoms with Crippen molar-refractivity contribution in [2.24, 2.45) is 11.8 Å². The van der Waals surface area contributed by atoms with Gasteiger partial charge in [0, 0.05) is 23.7 Å². The third-order valence-electron chi connectivity index (χ3n) is 3.64. The monoisotopic (exact) mass is 328 g/mol. The highest BCUT2D eigenvalue weighted by atomic mass is 79.9. The van der Waals surface area contributed by atoms with Gasteiger partial charge in [0.1, 0.15) is 5.69 Å². The Bertz CT molecular complexity index is 467. The number of nitro benzene ring substituents is 1. The smallest absolute Gasteiger partial charge is 0.292 e. The van der Waals surface area contributed by atoms with Gasteiger partial charge in [-0.25, -0.2) is 0 Å². The highest BCUT2D eigenvalue weighted by Crippen LogP contribution is 2.32. The maximum atomic E-state index is 10.9. The Balaban J connectivity index is 1.99. The molecule has 6 heteroatoms. The van der Waals surface area contributed by atoms with Crippen LogP contribution in [0.2, 0.25) is 0 Å². The molecule has 0 amide bonds. The van der Waals surface area contributed by atoms with E-state index in [9.17, 15) is 10.1 Å². The van der Waals surface area contributed by atoms with Crippen molar-refractivity contribution in [1.82, 2.24) is 0 Å². The highest BCUT2D eigenvalue weighted by Gasteiger charge is 2.24. The number of hydrogen-bond donors (Lipinski definition) is 2. The van der Waals surface area contributed by atoms with Crippen molar-refractivity contribution < 1.29 is 10.0 Å². The van der Waals surface area contributed by atoms with Gasteiger partial charge in [0.25, 0.3) is 5.69 Å². The van der Waals surface area contributed by atoms with Crippen molar-refractivity contribution in [1.29, 1.82) is 0 Å². The second kappa shape index (κ2) is 6.34. The van der Waals surface area contributed by atoms with Gasteiger partial charge in [-0.2, -0.15) is 0 Å². The van der Waals surface area contributed by atoms with E-state index in [0.29, 0.717) is 24.1 Å². The van der Waals surface area contributed by atoms with Crippen molar-refractivity contribution >= 4 is 27.3 Å². The first kappa shape index (κ1) is 14.3. The lowest BCUT2D eigenvalue weighted by Gasteiger charge is -2.13. The van der Waals surface area contributed by atoms with Crippen molar-refractivity contribution in [2.45, 2.75) is 19.3 Å². The van der Waals surface area contributed by atoms with E-state index in [1.165, 1.54) is 6.07 Å². The molecular weight excluding hydrogens is 312 g/mol. The van der Waals surface area contributed by atoms with E-state index in [1.807, 2.05) is 0 Å². The molecule has 0 bridgehead atoms. The second-order valence-electron chi connectivity index (χ2n) is 5.03. The third kappa shape index (κ3) is 3.67. The molecule has 0 aliphatic heterocycles. The lowest BCUT2D eigenvalue weighted by Crippen LogP contribution is -2.13. The predicted molar refractivity (Wildman–Crippen MR) is 77.2 cm³/mol. The summed E-state index contributed by atoms with van der Waals surface area (Å²) < 4.78 is 0.820. The van der Waals surface area contributed by atoms with Crippen LogP contribution in [-0.2, 0) is 0 Å². The molecule has 2 N–H and O–H groups in total. The molecule has 2 atom stereocenters. The minimum atomic E-state index is -0.375. The van der Waals surface area contributed by atoms with Crippen LogP contribution in [0.5, 0.6) is 0 Å². The van der Waals surface area contributed by atoms with Crippen LogP contribution in [0.25, 0.3) is 0 Å². The summed E-state index contributed by atoms with van der Waals surface area (Å²) in [5.74, 6) is 0.875. The fourth-order valence-electron chi connectivity index (χ4n) is 2.59. The van der Waals surface area contributed by atoms with Gasteiger partial charge in [-0.05, 0) is 43.2 Å². The quantitative estimate of drug-likeness (QED) is 0.643. The minimum Gasteiger partial charge on any atom is -0.396 e. The van der Waals surface area contributed by atoms with E-state index in [-0.39, 0.29) is 17.2 Å². The molecule has 19 heavy (non-hydrogen) atoms. The Hall–Kier alpha value is -1.14. The summed E-state index contributed by atoms with van der Waals surface area (Å²) in [4.78, 5) is 10.6. The highest BCUT2D eigenvalue weighted by molar-refractivity contribution is 9.10. The molecule has 1 aliphatic carbocycles. The molecule has 0 radical (unpaired) electrons. The summed E-state index contributed by atoms with van der Waals surface area (Å²) in [5, 5.41) is 23.2. The molecule has 0 heterocycles. The molecule has 1 aliphatic rings. The number of halogens is 1. The first-order valence-corrected chi connectivity index (χ1v) is 7.18. The van der Waals surface area contributed by atoms with Gasteiger partial charge in [0.05, 0.1) is 4.92 Å². The number of benzene rings is 1. The topological polar surface area (TPSA) is 75.4 Å². The molecule has 1 aromatic rings. The summed E-state index contributed by atoms with van der Waals surface area (Å²) in [6, 6.07) is 4.90. The van der Waals surface area contributed by atoms with Crippen LogP contribution < -0.4 is 5.32 Å². The Morgan fingerprint density at radius 1 is 1.42 bits per heavy atom. The summed E-state index contributed by atoms with van der Waals surface area (Å²) >= 11 is 3.32. The van der Waals surface area contributed by atoms with Gasteiger partial charge in [0.2, 0.25) is 0 Å². The van der Waals surface area contributed by atoms with Gasteiger partial charge in [-0.1, -0.05) is 15.9 Å². The number of hydrogen-bond acceptors (Lipinski definition) is 4. The van der Waals surface area contributed by atoms with Crippen LogP contribution in [0.15, 0.2) is 22.7 Å². The molecule has 1 saturated carbocycles. The summed E-state index contributed by atoms with van der Waals surface area (Å²) in [7, 11) is 0. The van der Waals surface area contributed by atoms with E-state index < -0.39 is 0 Å². The first-order valence-electron chi connectivity index (χ1n) is 6.39. The number of aliphatic hydroxyl groups is 1. The third-order valence-corrected chi connectivity index (χ3v) is 4.14. The lowest BCUT2D eigenvalue weighted by atomic mass is 10.1. The fourth-order valence-corrected chi connectivity index (χ4v) is 2.95. The standard InChI is InChI=1S/C13H17BrN2O3/c14-11-3-4-13(16(18)19)12(6-11)15-7-9-1-2-10(5-9)8-17/h3-4,6,9-10,15,17H,1-2,5,7-8H2/t9-,10+/m1/s1. The first-order chi connectivity index (χ1) is 9.10. The molecule has 0 aromatic heterocycles. The van der Waals surface area contributed by atoms with Crippen molar-refractivity contribution in [2.75, 3.05) is 18.5 Å². The largest absolute Gasteiger partial charge is 0.396 e. The van der Waals surface area contributed by atoms with E-state index in [2.05, 4.69) is 21.2 Å². The number of rotatable bonds is 5. The normalized spacial score (nSPS) is 22.4. The Morgan fingerprint density at radius 2 is 2.16 bits per heavy atom. The zero-order valence-electron chi connectivity index (χ0n) is 10.5. The van der Waals surface area contributed by atoms with Crippen molar-refractivity contribution in [3.63, 3.8) is 0 Å². The van der Waals surface area contributed by atoms with E-state index in [0.717, 1.165) is 23.7 Å². The van der Waals surface area contributed by atoms with E-state index >= 15 is 0 Å². The average molecular weight is 329 g/mol. The molecule has 0 spiro atoms. The second-order valence-corrected chi connectivity index (χ2v) is 5.94. The van der Waals surface area contributed by atoms with Crippen LogP contribution in [0, 0.1) is 22.0 Å². The van der Waals surface area contributed by atoms with Crippen LogP contribution in [0.1, 0.15) is 19.3 Å². The van der Waals surface area contributed by atoms with Crippen LogP contribution in [0.4, 0.5) is 11.4 Å². The van der Waals surface area contributed by atoms with Gasteiger partial charge in [0.15, 0.2) is 0 Å². The van der Waals surface area contributed by atoms with Gasteiger partial charge >= 0.3 is 0 Å². The summed E-state index contributed by atoms with van der Waals surface area (Å²) in [6.07, 6.45) is 3.11. The Kier molecular flexibility index (Phi) is 4.76. The van der Waals surface area contributed by atoms with E-state index in [4.69, 9.17) is 5.11 Å². The molecule has 0 saturated heterocycles. The minimum absolute atomic E-state index is 0.0971. The number of nitro groups is 1. The molecule has 104 valence electrons. The zero-order chi connectivity index (χ0) is 13.8. The molecule has 1 fully saturated rings. The Labute approximate surface area is 120 Å². The molecule has 2 rings (SSSR count). The van der Waals surface area contributed by atoms with Gasteiger partial charge in [-0.3, -0.25) is 10.1 Å². The fraction of sp³-hybridized carbons (Fsp3) is 0.538. The Morgan fingerprint density at radius 3 is 2.79 bits per heavy atom. The molecule has 5 nitrogen and oxygen atoms in total. The lowest BCUT2D eigenvalue weighted by molar-refractivity contribution is -0.384. The molecule has 1 aromatic carbocycles. The molecular formula is C13H17BrN2O3. The van der Waals surface area contributed by atoms with E-state index in [1.54, 1.807) is 12.1 Å². The predicted octanol–water partition coefficient (Wildman–Crippen LogP) is 3.18. The van der Waals surface area contributed by atoms with Crippen molar-refractivity contribution in [3.8, 4) is 0 Å². The number of nitrogens with zero attached hydrogens (tertiary/aromatic N) is 1. The maximum absolute atomic E-state index is 10.9. The van der Waals surface area contributed by atoms with Crippen LogP contribution >= 0.6 is 15.9 Å². The average Bonchev–Trinajstić information content (AvgIpc) is 2.84. The number of nitrogens with one attached hydrogen (secondary N) is 1. The van der Waals surface area contributed by atoms with Gasteiger partial charge in [-0.15, -0.1) is 0 Å². The van der Waals surface area contributed by atoms with Gasteiger partial charge < -0.3 is 10.4 Å². The summed E-state index contributed by atoms with van der Waals surface area (Å²) in [6.45, 7) is 0.960. The SMILES string of the molecule is O=[N+]([O-])c1ccc(Br)cc1NC[C@@H]1CC[C@H](CO)C1.